The minimum absolute atomic E-state index is 0.268. The van der Waals surface area contributed by atoms with Crippen LogP contribution < -0.4 is 5.32 Å². The van der Waals surface area contributed by atoms with Crippen LogP contribution in [-0.2, 0) is 4.79 Å². The summed E-state index contributed by atoms with van der Waals surface area (Å²) in [6.45, 7) is 9.15. The first-order valence-electron chi connectivity index (χ1n) is 5.58. The Bertz CT molecular complexity index is 472. The molecule has 0 unspecified atom stereocenters. The van der Waals surface area contributed by atoms with Crippen molar-refractivity contribution in [1.29, 1.82) is 5.26 Å². The van der Waals surface area contributed by atoms with E-state index < -0.39 is 5.41 Å². The number of amides is 1. The second-order valence-electron chi connectivity index (χ2n) is 4.96. The highest BCUT2D eigenvalue weighted by Gasteiger charge is 2.27. The van der Waals surface area contributed by atoms with E-state index in [1.54, 1.807) is 13.8 Å². The molecule has 3 heteroatoms. The van der Waals surface area contributed by atoms with Gasteiger partial charge in [0.1, 0.15) is 5.41 Å². The molecule has 0 atom stereocenters. The second-order valence-corrected chi connectivity index (χ2v) is 4.96. The Labute approximate surface area is 102 Å². The van der Waals surface area contributed by atoms with Gasteiger partial charge in [0, 0.05) is 5.69 Å². The topological polar surface area (TPSA) is 52.9 Å². The number of nitrogens with one attached hydrogen (secondary N) is 1. The molecule has 0 bridgehead atoms. The molecule has 0 aliphatic rings. The highest BCUT2D eigenvalue weighted by molar-refractivity contribution is 5.97. The molecule has 1 amide bonds. The summed E-state index contributed by atoms with van der Waals surface area (Å²) in [7, 11) is 0. The average molecular weight is 230 g/mol. The minimum Gasteiger partial charge on any atom is -0.324 e. The summed E-state index contributed by atoms with van der Waals surface area (Å²) >= 11 is 0. The van der Waals surface area contributed by atoms with Gasteiger partial charge in [0.15, 0.2) is 0 Å². The van der Waals surface area contributed by atoms with E-state index in [4.69, 9.17) is 5.26 Å². The lowest BCUT2D eigenvalue weighted by Gasteiger charge is -2.18. The van der Waals surface area contributed by atoms with Crippen molar-refractivity contribution >= 4 is 11.6 Å². The number of anilines is 1. The predicted molar refractivity (Wildman–Crippen MR) is 68.7 cm³/mol. The van der Waals surface area contributed by atoms with Crippen LogP contribution in [0, 0.1) is 37.5 Å². The average Bonchev–Trinajstić information content (AvgIpc) is 2.22. The molecular weight excluding hydrogens is 212 g/mol. The van der Waals surface area contributed by atoms with Crippen molar-refractivity contribution in [1.82, 2.24) is 0 Å². The lowest BCUT2D eigenvalue weighted by molar-refractivity contribution is -0.121. The van der Waals surface area contributed by atoms with Gasteiger partial charge in [0.2, 0.25) is 5.91 Å². The van der Waals surface area contributed by atoms with Gasteiger partial charge in [-0.3, -0.25) is 4.79 Å². The van der Waals surface area contributed by atoms with Crippen LogP contribution in [0.4, 0.5) is 5.69 Å². The summed E-state index contributed by atoms with van der Waals surface area (Å²) in [6, 6.07) is 6.03. The fraction of sp³-hybridized carbons (Fsp3) is 0.429. The zero-order chi connectivity index (χ0) is 13.2. The van der Waals surface area contributed by atoms with E-state index in [-0.39, 0.29) is 5.91 Å². The molecule has 0 radical (unpaired) electrons. The van der Waals surface area contributed by atoms with E-state index in [2.05, 4.69) is 5.32 Å². The van der Waals surface area contributed by atoms with E-state index in [0.717, 1.165) is 22.4 Å². The summed E-state index contributed by atoms with van der Waals surface area (Å²) in [5, 5.41) is 11.7. The molecule has 1 rings (SSSR count). The SMILES string of the molecule is Cc1cc(C)c(NC(=O)C(C)(C)C#N)c(C)c1. The Hall–Kier alpha value is -1.82. The molecule has 3 nitrogen and oxygen atoms in total. The molecule has 90 valence electrons. The first kappa shape index (κ1) is 13.2. The molecule has 0 heterocycles. The van der Waals surface area contributed by atoms with Gasteiger partial charge >= 0.3 is 0 Å². The van der Waals surface area contributed by atoms with Gasteiger partial charge in [-0.25, -0.2) is 0 Å². The minimum atomic E-state index is -1.01. The molecule has 0 fully saturated rings. The molecule has 1 aromatic carbocycles. The Morgan fingerprint density at radius 3 is 2.12 bits per heavy atom. The first-order chi connectivity index (χ1) is 7.77. The summed E-state index contributed by atoms with van der Waals surface area (Å²) in [6.07, 6.45) is 0. The summed E-state index contributed by atoms with van der Waals surface area (Å²) < 4.78 is 0. The predicted octanol–water partition coefficient (Wildman–Crippen LogP) is 3.10. The molecule has 0 aromatic heterocycles. The van der Waals surface area contributed by atoms with E-state index >= 15 is 0 Å². The third kappa shape index (κ3) is 2.85. The number of hydrogen-bond donors (Lipinski definition) is 1. The van der Waals surface area contributed by atoms with E-state index in [0.29, 0.717) is 0 Å². The van der Waals surface area contributed by atoms with Crippen LogP contribution in [0.15, 0.2) is 12.1 Å². The normalized spacial score (nSPS) is 10.8. The molecular formula is C14H18N2O. The van der Waals surface area contributed by atoms with Gasteiger partial charge in [-0.1, -0.05) is 17.7 Å². The van der Waals surface area contributed by atoms with Crippen molar-refractivity contribution in [3.8, 4) is 6.07 Å². The molecule has 0 saturated carbocycles. The number of nitriles is 1. The third-order valence-electron chi connectivity index (χ3n) is 2.76. The number of carbonyl (C=O) groups is 1. The maximum Gasteiger partial charge on any atom is 0.244 e. The Morgan fingerprint density at radius 1 is 1.24 bits per heavy atom. The zero-order valence-electron chi connectivity index (χ0n) is 11.0. The van der Waals surface area contributed by atoms with Crippen LogP contribution >= 0.6 is 0 Å². The van der Waals surface area contributed by atoms with Crippen molar-refractivity contribution in [2.75, 3.05) is 5.32 Å². The smallest absolute Gasteiger partial charge is 0.244 e. The van der Waals surface area contributed by atoms with Gasteiger partial charge in [0.25, 0.3) is 0 Å². The van der Waals surface area contributed by atoms with E-state index in [9.17, 15) is 4.79 Å². The lowest BCUT2D eigenvalue weighted by atomic mass is 9.94. The summed E-state index contributed by atoms with van der Waals surface area (Å²) in [5.74, 6) is -0.268. The Morgan fingerprint density at radius 2 is 1.71 bits per heavy atom. The largest absolute Gasteiger partial charge is 0.324 e. The van der Waals surface area contributed by atoms with Gasteiger partial charge < -0.3 is 5.32 Å². The van der Waals surface area contributed by atoms with E-state index in [1.807, 2.05) is 39.0 Å². The van der Waals surface area contributed by atoms with Crippen LogP contribution in [0.1, 0.15) is 30.5 Å². The van der Waals surface area contributed by atoms with Gasteiger partial charge in [-0.05, 0) is 45.7 Å². The molecule has 1 N–H and O–H groups in total. The maximum absolute atomic E-state index is 11.9. The number of benzene rings is 1. The number of aryl methyl sites for hydroxylation is 3. The van der Waals surface area contributed by atoms with Crippen molar-refractivity contribution in [3.05, 3.63) is 28.8 Å². The molecule has 0 aliphatic carbocycles. The standard InChI is InChI=1S/C14H18N2O/c1-9-6-10(2)12(11(3)7-9)16-13(17)14(4,5)8-15/h6-7H,1-5H3,(H,16,17). The molecule has 17 heavy (non-hydrogen) atoms. The van der Waals surface area contributed by atoms with Crippen LogP contribution in [0.3, 0.4) is 0 Å². The quantitative estimate of drug-likeness (QED) is 0.848. The number of nitrogens with zero attached hydrogens (tertiary/aromatic N) is 1. The molecule has 1 aromatic rings. The highest BCUT2D eigenvalue weighted by atomic mass is 16.2. The van der Waals surface area contributed by atoms with Crippen molar-refractivity contribution in [3.63, 3.8) is 0 Å². The van der Waals surface area contributed by atoms with Crippen molar-refractivity contribution < 1.29 is 4.79 Å². The van der Waals surface area contributed by atoms with Crippen molar-refractivity contribution in [2.24, 2.45) is 5.41 Å². The maximum atomic E-state index is 11.9. The number of hydrogen-bond acceptors (Lipinski definition) is 2. The van der Waals surface area contributed by atoms with Gasteiger partial charge in [-0.15, -0.1) is 0 Å². The highest BCUT2D eigenvalue weighted by Crippen LogP contribution is 2.24. The number of carbonyl (C=O) groups excluding carboxylic acids is 1. The van der Waals surface area contributed by atoms with Crippen LogP contribution in [0.5, 0.6) is 0 Å². The van der Waals surface area contributed by atoms with Crippen molar-refractivity contribution in [2.45, 2.75) is 34.6 Å². The molecule has 0 aliphatic heterocycles. The second kappa shape index (κ2) is 4.58. The van der Waals surface area contributed by atoms with Gasteiger partial charge in [-0.2, -0.15) is 5.26 Å². The van der Waals surface area contributed by atoms with Crippen LogP contribution in [0.2, 0.25) is 0 Å². The molecule has 0 spiro atoms. The Balaban J connectivity index is 3.06. The Kier molecular flexibility index (Phi) is 3.57. The first-order valence-corrected chi connectivity index (χ1v) is 5.58. The number of rotatable bonds is 2. The summed E-state index contributed by atoms with van der Waals surface area (Å²) in [4.78, 5) is 11.9. The summed E-state index contributed by atoms with van der Waals surface area (Å²) in [5.41, 5.74) is 3.00. The van der Waals surface area contributed by atoms with Crippen LogP contribution in [0.25, 0.3) is 0 Å². The van der Waals surface area contributed by atoms with Crippen LogP contribution in [-0.4, -0.2) is 5.91 Å². The van der Waals surface area contributed by atoms with Gasteiger partial charge in [0.05, 0.1) is 6.07 Å². The zero-order valence-corrected chi connectivity index (χ0v) is 11.0. The molecule has 0 saturated heterocycles. The fourth-order valence-corrected chi connectivity index (χ4v) is 1.70. The van der Waals surface area contributed by atoms with E-state index in [1.165, 1.54) is 0 Å². The monoisotopic (exact) mass is 230 g/mol. The third-order valence-corrected chi connectivity index (χ3v) is 2.76. The lowest BCUT2D eigenvalue weighted by Crippen LogP contribution is -2.29. The fourth-order valence-electron chi connectivity index (χ4n) is 1.70.